The molecule has 1 heterocycles. The topological polar surface area (TPSA) is 33.1 Å². The van der Waals surface area contributed by atoms with E-state index in [1.165, 1.54) is 0 Å². The quantitative estimate of drug-likeness (QED) is 0.572. The van der Waals surface area contributed by atoms with Gasteiger partial charge in [-0.15, -0.1) is 0 Å². The van der Waals surface area contributed by atoms with E-state index in [0.29, 0.717) is 5.69 Å². The summed E-state index contributed by atoms with van der Waals surface area (Å²) in [6, 6.07) is 5.28. The van der Waals surface area contributed by atoms with Gasteiger partial charge in [0.2, 0.25) is 0 Å². The smallest absolute Gasteiger partial charge is 0.134 e. The molecule has 0 saturated carbocycles. The first-order valence-electron chi connectivity index (χ1n) is 2.60. The van der Waals surface area contributed by atoms with Crippen LogP contribution >= 0.6 is 0 Å². The Morgan fingerprint density at radius 2 is 2.33 bits per heavy atom. The highest BCUT2D eigenvalue weighted by molar-refractivity contribution is 5.50. The fraction of sp³-hybridized carbons (Fsp3) is 0. The monoisotopic (exact) mass is 121 g/mol. The van der Waals surface area contributed by atoms with Crippen LogP contribution in [0, 0.1) is 0 Å². The largest absolute Gasteiger partial charge is 0.506 e. The second-order valence-corrected chi connectivity index (χ2v) is 1.66. The lowest BCUT2D eigenvalue weighted by Gasteiger charge is -1.92. The van der Waals surface area contributed by atoms with Crippen molar-refractivity contribution >= 4 is 5.76 Å². The number of rotatable bonds is 1. The van der Waals surface area contributed by atoms with Crippen LogP contribution in [0.4, 0.5) is 0 Å². The SMILES string of the molecule is C=C(O)c1ccccn1. The van der Waals surface area contributed by atoms with Crippen LogP contribution in [0.5, 0.6) is 0 Å². The molecule has 0 saturated heterocycles. The van der Waals surface area contributed by atoms with E-state index in [4.69, 9.17) is 5.11 Å². The number of pyridine rings is 1. The third-order valence-electron chi connectivity index (χ3n) is 0.961. The molecule has 1 aromatic heterocycles. The molecule has 1 N–H and O–H groups in total. The van der Waals surface area contributed by atoms with Gasteiger partial charge in [-0.1, -0.05) is 12.6 Å². The molecule has 0 unspecified atom stereocenters. The summed E-state index contributed by atoms with van der Waals surface area (Å²) < 4.78 is 0. The standard InChI is InChI=1S/C7H7NO/c1-6(9)7-4-2-3-5-8-7/h2-5,9H,1H2. The molecule has 0 aliphatic carbocycles. The third-order valence-corrected chi connectivity index (χ3v) is 0.961. The van der Waals surface area contributed by atoms with Gasteiger partial charge in [-0.2, -0.15) is 0 Å². The minimum Gasteiger partial charge on any atom is -0.506 e. The van der Waals surface area contributed by atoms with Gasteiger partial charge >= 0.3 is 0 Å². The average Bonchev–Trinajstić information content (AvgIpc) is 1.90. The first-order valence-corrected chi connectivity index (χ1v) is 2.60. The van der Waals surface area contributed by atoms with Gasteiger partial charge in [0, 0.05) is 6.20 Å². The van der Waals surface area contributed by atoms with E-state index < -0.39 is 0 Å². The minimum atomic E-state index is 0.00981. The van der Waals surface area contributed by atoms with Gasteiger partial charge in [0.05, 0.1) is 0 Å². The van der Waals surface area contributed by atoms with E-state index in [1.807, 2.05) is 0 Å². The molecule has 0 fully saturated rings. The zero-order chi connectivity index (χ0) is 6.69. The molecule has 0 aliphatic heterocycles. The third kappa shape index (κ3) is 1.29. The Morgan fingerprint density at radius 3 is 2.67 bits per heavy atom. The zero-order valence-electron chi connectivity index (χ0n) is 4.91. The second kappa shape index (κ2) is 2.31. The van der Waals surface area contributed by atoms with E-state index in [-0.39, 0.29) is 5.76 Å². The Kier molecular flexibility index (Phi) is 1.49. The van der Waals surface area contributed by atoms with Gasteiger partial charge < -0.3 is 5.11 Å². The molecule has 1 aromatic rings. The van der Waals surface area contributed by atoms with Crippen molar-refractivity contribution in [1.29, 1.82) is 0 Å². The molecule has 2 heteroatoms. The molecule has 0 aliphatic rings. The van der Waals surface area contributed by atoms with Gasteiger partial charge in [-0.05, 0) is 12.1 Å². The molecule has 0 spiro atoms. The van der Waals surface area contributed by atoms with Crippen LogP contribution < -0.4 is 0 Å². The van der Waals surface area contributed by atoms with Crippen LogP contribution in [0.15, 0.2) is 31.0 Å². The van der Waals surface area contributed by atoms with Crippen molar-refractivity contribution in [3.63, 3.8) is 0 Å². The van der Waals surface area contributed by atoms with Crippen LogP contribution in [0.2, 0.25) is 0 Å². The first kappa shape index (κ1) is 5.82. The van der Waals surface area contributed by atoms with Gasteiger partial charge in [0.15, 0.2) is 0 Å². The van der Waals surface area contributed by atoms with Crippen molar-refractivity contribution in [3.8, 4) is 0 Å². The summed E-state index contributed by atoms with van der Waals surface area (Å²) in [5, 5.41) is 8.77. The van der Waals surface area contributed by atoms with Gasteiger partial charge in [-0.3, -0.25) is 4.98 Å². The Bertz CT molecular complexity index is 205. The zero-order valence-corrected chi connectivity index (χ0v) is 4.91. The molecule has 1 rings (SSSR count). The predicted octanol–water partition coefficient (Wildman–Crippen LogP) is 1.61. The highest BCUT2D eigenvalue weighted by atomic mass is 16.3. The van der Waals surface area contributed by atoms with E-state index in [0.717, 1.165) is 0 Å². The minimum absolute atomic E-state index is 0.00981. The molecule has 0 amide bonds. The van der Waals surface area contributed by atoms with Crippen molar-refractivity contribution in [2.75, 3.05) is 0 Å². The van der Waals surface area contributed by atoms with Crippen LogP contribution in [0.25, 0.3) is 5.76 Å². The lowest BCUT2D eigenvalue weighted by molar-refractivity contribution is 0.510. The lowest BCUT2D eigenvalue weighted by atomic mass is 10.3. The van der Waals surface area contributed by atoms with E-state index in [2.05, 4.69) is 11.6 Å². The fourth-order valence-electron chi connectivity index (χ4n) is 0.533. The molecule has 0 aromatic carbocycles. The number of hydrogen-bond donors (Lipinski definition) is 1. The number of hydrogen-bond acceptors (Lipinski definition) is 2. The van der Waals surface area contributed by atoms with Crippen LogP contribution in [0.1, 0.15) is 5.69 Å². The molecular weight excluding hydrogens is 114 g/mol. The number of aromatic nitrogens is 1. The Labute approximate surface area is 53.5 Å². The first-order chi connectivity index (χ1) is 4.30. The molecule has 0 radical (unpaired) electrons. The summed E-state index contributed by atoms with van der Waals surface area (Å²) in [6.07, 6.45) is 1.61. The molecule has 46 valence electrons. The second-order valence-electron chi connectivity index (χ2n) is 1.66. The van der Waals surface area contributed by atoms with Crippen molar-refractivity contribution < 1.29 is 5.11 Å². The van der Waals surface area contributed by atoms with Gasteiger partial charge in [0.1, 0.15) is 11.5 Å². The van der Waals surface area contributed by atoms with Crippen molar-refractivity contribution in [3.05, 3.63) is 36.7 Å². The number of aliphatic hydroxyl groups excluding tert-OH is 1. The van der Waals surface area contributed by atoms with Crippen LogP contribution in [-0.4, -0.2) is 10.1 Å². The van der Waals surface area contributed by atoms with Gasteiger partial charge in [0.25, 0.3) is 0 Å². The molecule has 0 bridgehead atoms. The average molecular weight is 121 g/mol. The summed E-state index contributed by atoms with van der Waals surface area (Å²) >= 11 is 0. The highest BCUT2D eigenvalue weighted by Crippen LogP contribution is 2.01. The summed E-state index contributed by atoms with van der Waals surface area (Å²) in [4.78, 5) is 3.83. The molecule has 2 nitrogen and oxygen atoms in total. The maximum Gasteiger partial charge on any atom is 0.134 e. The Hall–Kier alpha value is -1.31. The van der Waals surface area contributed by atoms with E-state index >= 15 is 0 Å². The molecular formula is C7H7NO. The molecule has 9 heavy (non-hydrogen) atoms. The van der Waals surface area contributed by atoms with Crippen molar-refractivity contribution in [2.24, 2.45) is 0 Å². The summed E-state index contributed by atoms with van der Waals surface area (Å²) in [5.74, 6) is 0.00981. The molecule has 0 atom stereocenters. The number of nitrogens with zero attached hydrogens (tertiary/aromatic N) is 1. The Morgan fingerprint density at radius 1 is 1.56 bits per heavy atom. The maximum atomic E-state index is 8.77. The predicted molar refractivity (Wildman–Crippen MR) is 35.9 cm³/mol. The van der Waals surface area contributed by atoms with Crippen molar-refractivity contribution in [2.45, 2.75) is 0 Å². The number of aliphatic hydroxyl groups is 1. The van der Waals surface area contributed by atoms with E-state index in [9.17, 15) is 0 Å². The lowest BCUT2D eigenvalue weighted by Crippen LogP contribution is -1.82. The van der Waals surface area contributed by atoms with Crippen molar-refractivity contribution in [1.82, 2.24) is 4.98 Å². The van der Waals surface area contributed by atoms with E-state index in [1.54, 1.807) is 24.4 Å². The van der Waals surface area contributed by atoms with Crippen LogP contribution in [0.3, 0.4) is 0 Å². The summed E-state index contributed by atoms with van der Waals surface area (Å²) in [6.45, 7) is 3.32. The normalized spacial score (nSPS) is 8.89. The highest BCUT2D eigenvalue weighted by Gasteiger charge is 1.91. The Balaban J connectivity index is 2.98. The van der Waals surface area contributed by atoms with Crippen LogP contribution in [-0.2, 0) is 0 Å². The van der Waals surface area contributed by atoms with Gasteiger partial charge in [-0.25, -0.2) is 0 Å². The summed E-state index contributed by atoms with van der Waals surface area (Å²) in [7, 11) is 0. The summed E-state index contributed by atoms with van der Waals surface area (Å²) in [5.41, 5.74) is 0.525. The fourth-order valence-corrected chi connectivity index (χ4v) is 0.533. The maximum absolute atomic E-state index is 8.77.